The summed E-state index contributed by atoms with van der Waals surface area (Å²) in [7, 11) is 0. The molecule has 0 aromatic heterocycles. The summed E-state index contributed by atoms with van der Waals surface area (Å²) in [6.07, 6.45) is 5.08. The van der Waals surface area contributed by atoms with Gasteiger partial charge in [0.1, 0.15) is 0 Å². The minimum absolute atomic E-state index is 0.137. The van der Waals surface area contributed by atoms with Crippen LogP contribution in [-0.2, 0) is 9.59 Å². The fraction of sp³-hybridized carbons (Fsp3) is 0.846. The van der Waals surface area contributed by atoms with E-state index in [4.69, 9.17) is 5.11 Å². The van der Waals surface area contributed by atoms with Gasteiger partial charge in [-0.25, -0.2) is 0 Å². The Labute approximate surface area is 108 Å². The van der Waals surface area contributed by atoms with Gasteiger partial charge in [-0.15, -0.1) is 0 Å². The third-order valence-electron chi connectivity index (χ3n) is 3.66. The van der Waals surface area contributed by atoms with E-state index in [-0.39, 0.29) is 18.2 Å². The summed E-state index contributed by atoms with van der Waals surface area (Å²) >= 11 is 0. The lowest BCUT2D eigenvalue weighted by molar-refractivity contribution is -0.138. The van der Waals surface area contributed by atoms with Crippen LogP contribution in [0.2, 0.25) is 0 Å². The molecule has 0 bridgehead atoms. The van der Waals surface area contributed by atoms with Gasteiger partial charge >= 0.3 is 5.97 Å². The first-order valence-corrected chi connectivity index (χ1v) is 6.87. The van der Waals surface area contributed by atoms with Crippen LogP contribution >= 0.6 is 0 Å². The van der Waals surface area contributed by atoms with Crippen LogP contribution in [0.15, 0.2) is 0 Å². The summed E-state index contributed by atoms with van der Waals surface area (Å²) in [5.74, 6) is -0.325. The number of carbonyl (C=O) groups is 2. The highest BCUT2D eigenvalue weighted by atomic mass is 16.4. The Hall–Kier alpha value is -1.10. The maximum atomic E-state index is 11.6. The Morgan fingerprint density at radius 2 is 2.06 bits per heavy atom. The van der Waals surface area contributed by atoms with Crippen molar-refractivity contribution < 1.29 is 14.7 Å². The molecule has 0 spiro atoms. The van der Waals surface area contributed by atoms with Crippen molar-refractivity contribution in [1.82, 2.24) is 10.2 Å². The second kappa shape index (κ2) is 6.18. The molecular formula is C13H22N2O3. The van der Waals surface area contributed by atoms with E-state index in [0.717, 1.165) is 45.3 Å². The zero-order valence-electron chi connectivity index (χ0n) is 10.7. The topological polar surface area (TPSA) is 69.6 Å². The summed E-state index contributed by atoms with van der Waals surface area (Å²) in [5.41, 5.74) is 0. The van der Waals surface area contributed by atoms with Crippen molar-refractivity contribution in [3.05, 3.63) is 0 Å². The third-order valence-corrected chi connectivity index (χ3v) is 3.66. The molecule has 2 fully saturated rings. The summed E-state index contributed by atoms with van der Waals surface area (Å²) in [5, 5.41) is 11.8. The molecule has 1 saturated heterocycles. The first-order chi connectivity index (χ1) is 8.63. The lowest BCUT2D eigenvalue weighted by Crippen LogP contribution is -2.39. The molecule has 1 aliphatic carbocycles. The van der Waals surface area contributed by atoms with Gasteiger partial charge in [0.15, 0.2) is 0 Å². The van der Waals surface area contributed by atoms with Crippen molar-refractivity contribution in [3.8, 4) is 0 Å². The maximum absolute atomic E-state index is 11.6. The number of nitrogens with zero attached hydrogens (tertiary/aromatic N) is 1. The summed E-state index contributed by atoms with van der Waals surface area (Å²) < 4.78 is 0. The summed E-state index contributed by atoms with van der Waals surface area (Å²) in [4.78, 5) is 24.5. The molecule has 1 atom stereocenters. The van der Waals surface area contributed by atoms with Gasteiger partial charge in [0.2, 0.25) is 5.91 Å². The molecule has 0 aromatic rings. The number of hydrogen-bond acceptors (Lipinski definition) is 3. The molecule has 5 nitrogen and oxygen atoms in total. The highest BCUT2D eigenvalue weighted by molar-refractivity contribution is 5.76. The van der Waals surface area contributed by atoms with E-state index >= 15 is 0 Å². The number of likely N-dealkylation sites (tertiary alicyclic amines) is 1. The van der Waals surface area contributed by atoms with E-state index in [1.54, 1.807) is 0 Å². The first kappa shape index (κ1) is 13.3. The van der Waals surface area contributed by atoms with Gasteiger partial charge in [-0.3, -0.25) is 9.59 Å². The van der Waals surface area contributed by atoms with E-state index in [9.17, 15) is 9.59 Å². The zero-order valence-corrected chi connectivity index (χ0v) is 10.7. The Morgan fingerprint density at radius 1 is 1.28 bits per heavy atom. The number of nitrogens with one attached hydrogen (secondary N) is 1. The fourth-order valence-corrected chi connectivity index (χ4v) is 2.56. The van der Waals surface area contributed by atoms with Crippen molar-refractivity contribution in [2.24, 2.45) is 5.92 Å². The minimum Gasteiger partial charge on any atom is -0.481 e. The Kier molecular flexibility index (Phi) is 4.58. The van der Waals surface area contributed by atoms with Gasteiger partial charge in [-0.05, 0) is 38.1 Å². The van der Waals surface area contributed by atoms with E-state index in [2.05, 4.69) is 10.2 Å². The molecule has 2 N–H and O–H groups in total. The van der Waals surface area contributed by atoms with Crippen molar-refractivity contribution in [3.63, 3.8) is 0 Å². The number of piperidine rings is 1. The maximum Gasteiger partial charge on any atom is 0.303 e. The Bertz CT molecular complexity index is 315. The summed E-state index contributed by atoms with van der Waals surface area (Å²) in [6.45, 7) is 2.57. The number of amides is 1. The zero-order chi connectivity index (χ0) is 13.0. The van der Waals surface area contributed by atoms with Gasteiger partial charge in [-0.1, -0.05) is 0 Å². The molecule has 102 valence electrons. The third kappa shape index (κ3) is 4.64. The molecule has 0 radical (unpaired) electrons. The second-order valence-corrected chi connectivity index (χ2v) is 5.50. The monoisotopic (exact) mass is 254 g/mol. The molecule has 5 heteroatoms. The van der Waals surface area contributed by atoms with Crippen molar-refractivity contribution in [2.45, 2.75) is 44.6 Å². The Balaban J connectivity index is 1.65. The number of aliphatic carboxylic acids is 1. The Morgan fingerprint density at radius 3 is 2.72 bits per heavy atom. The number of carboxylic acid groups (broad SMARTS) is 1. The van der Waals surface area contributed by atoms with Crippen LogP contribution in [0.1, 0.15) is 38.5 Å². The second-order valence-electron chi connectivity index (χ2n) is 5.50. The molecular weight excluding hydrogens is 232 g/mol. The van der Waals surface area contributed by atoms with Crippen LogP contribution in [0.3, 0.4) is 0 Å². The lowest BCUT2D eigenvalue weighted by Gasteiger charge is -2.31. The molecule has 1 amide bonds. The minimum atomic E-state index is -0.715. The number of rotatable bonds is 6. The predicted molar refractivity (Wildman–Crippen MR) is 67.2 cm³/mol. The largest absolute Gasteiger partial charge is 0.481 e. The SMILES string of the molecule is O=C(O)CC1CCCN(CCC(=O)NC2CC2)C1. The van der Waals surface area contributed by atoms with Crippen LogP contribution in [0.4, 0.5) is 0 Å². The summed E-state index contributed by atoms with van der Waals surface area (Å²) in [6, 6.07) is 0.429. The number of carboxylic acids is 1. The van der Waals surface area contributed by atoms with Gasteiger partial charge in [0.05, 0.1) is 0 Å². The molecule has 2 rings (SSSR count). The van der Waals surface area contributed by atoms with E-state index in [1.807, 2.05) is 0 Å². The normalized spacial score (nSPS) is 24.8. The van der Waals surface area contributed by atoms with Gasteiger partial charge in [-0.2, -0.15) is 0 Å². The standard InChI is InChI=1S/C13H22N2O3/c16-12(14-11-3-4-11)5-7-15-6-1-2-10(9-15)8-13(17)18/h10-11H,1-9H2,(H,14,16)(H,17,18). The van der Waals surface area contributed by atoms with E-state index in [1.165, 1.54) is 0 Å². The quantitative estimate of drug-likeness (QED) is 0.737. The van der Waals surface area contributed by atoms with Gasteiger partial charge in [0.25, 0.3) is 0 Å². The molecule has 1 heterocycles. The molecule has 0 aromatic carbocycles. The molecule has 2 aliphatic rings. The van der Waals surface area contributed by atoms with E-state index < -0.39 is 5.97 Å². The highest BCUT2D eigenvalue weighted by Crippen LogP contribution is 2.20. The molecule has 1 aliphatic heterocycles. The van der Waals surface area contributed by atoms with Crippen molar-refractivity contribution >= 4 is 11.9 Å². The van der Waals surface area contributed by atoms with Crippen LogP contribution < -0.4 is 5.32 Å². The number of hydrogen-bond donors (Lipinski definition) is 2. The van der Waals surface area contributed by atoms with Crippen LogP contribution in [0.5, 0.6) is 0 Å². The average Bonchev–Trinajstić information content (AvgIpc) is 3.10. The van der Waals surface area contributed by atoms with Crippen LogP contribution in [0, 0.1) is 5.92 Å². The van der Waals surface area contributed by atoms with Crippen LogP contribution in [-0.4, -0.2) is 47.6 Å². The van der Waals surface area contributed by atoms with Crippen LogP contribution in [0.25, 0.3) is 0 Å². The van der Waals surface area contributed by atoms with Gasteiger partial charge in [0, 0.05) is 32.0 Å². The first-order valence-electron chi connectivity index (χ1n) is 6.87. The average molecular weight is 254 g/mol. The van der Waals surface area contributed by atoms with Gasteiger partial charge < -0.3 is 15.3 Å². The smallest absolute Gasteiger partial charge is 0.303 e. The highest BCUT2D eigenvalue weighted by Gasteiger charge is 2.25. The van der Waals surface area contributed by atoms with Crippen molar-refractivity contribution in [1.29, 1.82) is 0 Å². The van der Waals surface area contributed by atoms with Crippen molar-refractivity contribution in [2.75, 3.05) is 19.6 Å². The predicted octanol–water partition coefficient (Wildman–Crippen LogP) is 0.842. The fourth-order valence-electron chi connectivity index (χ4n) is 2.56. The molecule has 1 saturated carbocycles. The lowest BCUT2D eigenvalue weighted by atomic mass is 9.95. The molecule has 18 heavy (non-hydrogen) atoms. The molecule has 1 unspecified atom stereocenters. The van der Waals surface area contributed by atoms with E-state index in [0.29, 0.717) is 12.5 Å². The number of carbonyl (C=O) groups excluding carboxylic acids is 1.